The number of nitrogens with one attached hydrogen (secondary N) is 1. The largest absolute Gasteiger partial charge is 0.481 e. The minimum Gasteiger partial charge on any atom is -0.481 e. The third-order valence-electron chi connectivity index (χ3n) is 2.90. The van der Waals surface area contributed by atoms with Crippen molar-refractivity contribution >= 4 is 5.97 Å². The average molecular weight is 272 g/mol. The number of hydrogen-bond donors (Lipinski definition) is 2. The van der Waals surface area contributed by atoms with Crippen LogP contribution in [-0.4, -0.2) is 23.2 Å². The topological polar surface area (TPSA) is 71.5 Å². The highest BCUT2D eigenvalue weighted by Gasteiger charge is 2.08. The second-order valence-electron chi connectivity index (χ2n) is 4.27. The number of pyridine rings is 1. The fourth-order valence-corrected chi connectivity index (χ4v) is 1.86. The molecule has 0 aliphatic rings. The molecule has 104 valence electrons. The van der Waals surface area contributed by atoms with Crippen molar-refractivity contribution in [3.05, 3.63) is 59.3 Å². The standard InChI is InChI=1S/C15H16N2O3/c1-20-14-7-6-11(9-17-14)8-16-10-12-4-2-3-5-13(12)15(18)19/h2-7,9,16H,8,10H2,1H3,(H,18,19). The summed E-state index contributed by atoms with van der Waals surface area (Å²) in [5, 5.41) is 12.3. The van der Waals surface area contributed by atoms with Crippen LogP contribution < -0.4 is 10.1 Å². The van der Waals surface area contributed by atoms with Crippen LogP contribution in [0.25, 0.3) is 0 Å². The Morgan fingerprint density at radius 1 is 1.25 bits per heavy atom. The van der Waals surface area contributed by atoms with Gasteiger partial charge in [-0.2, -0.15) is 0 Å². The molecule has 0 saturated heterocycles. The van der Waals surface area contributed by atoms with Gasteiger partial charge < -0.3 is 15.2 Å². The normalized spacial score (nSPS) is 10.2. The van der Waals surface area contributed by atoms with Gasteiger partial charge in [-0.25, -0.2) is 9.78 Å². The molecule has 0 radical (unpaired) electrons. The average Bonchev–Trinajstić information content (AvgIpc) is 2.48. The van der Waals surface area contributed by atoms with Crippen LogP contribution in [0.3, 0.4) is 0 Å². The Morgan fingerprint density at radius 3 is 2.70 bits per heavy atom. The molecule has 20 heavy (non-hydrogen) atoms. The number of carboxylic acid groups (broad SMARTS) is 1. The van der Waals surface area contributed by atoms with E-state index in [2.05, 4.69) is 10.3 Å². The van der Waals surface area contributed by atoms with E-state index in [9.17, 15) is 4.79 Å². The number of hydrogen-bond acceptors (Lipinski definition) is 4. The minimum atomic E-state index is -0.909. The van der Waals surface area contributed by atoms with Crippen molar-refractivity contribution in [1.29, 1.82) is 0 Å². The third kappa shape index (κ3) is 3.55. The molecule has 0 unspecified atom stereocenters. The van der Waals surface area contributed by atoms with Crippen LogP contribution in [0.1, 0.15) is 21.5 Å². The van der Waals surface area contributed by atoms with Gasteiger partial charge >= 0.3 is 5.97 Å². The van der Waals surface area contributed by atoms with Crippen LogP contribution in [0.5, 0.6) is 5.88 Å². The minimum absolute atomic E-state index is 0.327. The van der Waals surface area contributed by atoms with Crippen LogP contribution in [-0.2, 0) is 13.1 Å². The summed E-state index contributed by atoms with van der Waals surface area (Å²) in [7, 11) is 1.57. The predicted octanol–water partition coefficient (Wildman–Crippen LogP) is 2.08. The molecule has 1 aromatic carbocycles. The summed E-state index contributed by atoms with van der Waals surface area (Å²) in [5.74, 6) is -0.335. The molecule has 0 atom stereocenters. The molecular formula is C15H16N2O3. The molecule has 5 heteroatoms. The predicted molar refractivity (Wildman–Crippen MR) is 74.7 cm³/mol. The maximum atomic E-state index is 11.1. The van der Waals surface area contributed by atoms with Crippen molar-refractivity contribution in [1.82, 2.24) is 10.3 Å². The van der Waals surface area contributed by atoms with Gasteiger partial charge in [0.1, 0.15) is 0 Å². The fraction of sp³-hybridized carbons (Fsp3) is 0.200. The molecule has 0 aliphatic carbocycles. The molecule has 2 rings (SSSR count). The Bertz CT molecular complexity index is 582. The van der Waals surface area contributed by atoms with Crippen molar-refractivity contribution in [3.63, 3.8) is 0 Å². The van der Waals surface area contributed by atoms with E-state index in [1.807, 2.05) is 18.2 Å². The van der Waals surface area contributed by atoms with Crippen LogP contribution in [0, 0.1) is 0 Å². The number of carbonyl (C=O) groups is 1. The van der Waals surface area contributed by atoms with Gasteiger partial charge in [-0.05, 0) is 17.2 Å². The summed E-state index contributed by atoms with van der Waals surface area (Å²) in [4.78, 5) is 15.2. The molecule has 2 aromatic rings. The van der Waals surface area contributed by atoms with E-state index in [1.54, 1.807) is 31.5 Å². The lowest BCUT2D eigenvalue weighted by Gasteiger charge is -2.08. The summed E-state index contributed by atoms with van der Waals surface area (Å²) in [6.45, 7) is 1.11. The quantitative estimate of drug-likeness (QED) is 0.842. The first-order chi connectivity index (χ1) is 9.70. The Balaban J connectivity index is 1.94. The second kappa shape index (κ2) is 6.68. The molecule has 0 amide bonds. The zero-order valence-electron chi connectivity index (χ0n) is 11.2. The maximum absolute atomic E-state index is 11.1. The number of methoxy groups -OCH3 is 1. The molecule has 2 N–H and O–H groups in total. The lowest BCUT2D eigenvalue weighted by Crippen LogP contribution is -2.15. The molecule has 1 heterocycles. The highest BCUT2D eigenvalue weighted by Crippen LogP contribution is 2.10. The highest BCUT2D eigenvalue weighted by molar-refractivity contribution is 5.89. The van der Waals surface area contributed by atoms with Gasteiger partial charge in [-0.15, -0.1) is 0 Å². The molecular weight excluding hydrogens is 256 g/mol. The number of carboxylic acids is 1. The number of nitrogens with zero attached hydrogens (tertiary/aromatic N) is 1. The van der Waals surface area contributed by atoms with E-state index < -0.39 is 5.97 Å². The third-order valence-corrected chi connectivity index (χ3v) is 2.90. The number of rotatable bonds is 6. The molecule has 1 aromatic heterocycles. The first-order valence-corrected chi connectivity index (χ1v) is 6.21. The van der Waals surface area contributed by atoms with Gasteiger partial charge in [0.15, 0.2) is 0 Å². The van der Waals surface area contributed by atoms with Gasteiger partial charge in [-0.1, -0.05) is 24.3 Å². The van der Waals surface area contributed by atoms with Crippen LogP contribution in [0.2, 0.25) is 0 Å². The first kappa shape index (κ1) is 14.0. The van der Waals surface area contributed by atoms with Crippen molar-refractivity contribution in [2.75, 3.05) is 7.11 Å². The van der Waals surface area contributed by atoms with E-state index in [0.717, 1.165) is 11.1 Å². The molecule has 0 saturated carbocycles. The van der Waals surface area contributed by atoms with E-state index in [1.165, 1.54) is 0 Å². The van der Waals surface area contributed by atoms with E-state index in [-0.39, 0.29) is 0 Å². The molecule has 0 bridgehead atoms. The van der Waals surface area contributed by atoms with Gasteiger partial charge in [-0.3, -0.25) is 0 Å². The smallest absolute Gasteiger partial charge is 0.336 e. The lowest BCUT2D eigenvalue weighted by molar-refractivity contribution is 0.0695. The number of aromatic carboxylic acids is 1. The Morgan fingerprint density at radius 2 is 2.05 bits per heavy atom. The van der Waals surface area contributed by atoms with E-state index in [0.29, 0.717) is 24.5 Å². The monoisotopic (exact) mass is 272 g/mol. The van der Waals surface area contributed by atoms with E-state index in [4.69, 9.17) is 9.84 Å². The molecule has 0 aliphatic heterocycles. The van der Waals surface area contributed by atoms with Gasteiger partial charge in [0, 0.05) is 25.4 Å². The van der Waals surface area contributed by atoms with Crippen LogP contribution in [0.15, 0.2) is 42.6 Å². The molecule has 5 nitrogen and oxygen atoms in total. The Hall–Kier alpha value is -2.40. The van der Waals surface area contributed by atoms with Gasteiger partial charge in [0.25, 0.3) is 0 Å². The van der Waals surface area contributed by atoms with Crippen LogP contribution >= 0.6 is 0 Å². The second-order valence-corrected chi connectivity index (χ2v) is 4.27. The Labute approximate surface area is 117 Å². The number of ether oxygens (including phenoxy) is 1. The molecule has 0 spiro atoms. The SMILES string of the molecule is COc1ccc(CNCc2ccccc2C(=O)O)cn1. The summed E-state index contributed by atoms with van der Waals surface area (Å²) < 4.78 is 4.99. The first-order valence-electron chi connectivity index (χ1n) is 6.21. The van der Waals surface area contributed by atoms with E-state index >= 15 is 0 Å². The molecule has 0 fully saturated rings. The number of aromatic nitrogens is 1. The number of benzene rings is 1. The van der Waals surface area contributed by atoms with Crippen molar-refractivity contribution in [2.24, 2.45) is 0 Å². The van der Waals surface area contributed by atoms with Crippen molar-refractivity contribution < 1.29 is 14.6 Å². The summed E-state index contributed by atoms with van der Waals surface area (Å²) in [6.07, 6.45) is 1.73. The summed E-state index contributed by atoms with van der Waals surface area (Å²) in [5.41, 5.74) is 2.10. The van der Waals surface area contributed by atoms with Crippen molar-refractivity contribution in [3.8, 4) is 5.88 Å². The van der Waals surface area contributed by atoms with Gasteiger partial charge in [0.05, 0.1) is 12.7 Å². The maximum Gasteiger partial charge on any atom is 0.336 e. The highest BCUT2D eigenvalue weighted by atomic mass is 16.5. The Kier molecular flexibility index (Phi) is 4.68. The summed E-state index contributed by atoms with van der Waals surface area (Å²) >= 11 is 0. The summed E-state index contributed by atoms with van der Waals surface area (Å²) in [6, 6.07) is 10.7. The zero-order valence-corrected chi connectivity index (χ0v) is 11.2. The lowest BCUT2D eigenvalue weighted by atomic mass is 10.1. The van der Waals surface area contributed by atoms with Crippen molar-refractivity contribution in [2.45, 2.75) is 13.1 Å². The zero-order chi connectivity index (χ0) is 14.4. The fourth-order valence-electron chi connectivity index (χ4n) is 1.86. The van der Waals surface area contributed by atoms with Gasteiger partial charge in [0.2, 0.25) is 5.88 Å². The van der Waals surface area contributed by atoms with Crippen LogP contribution in [0.4, 0.5) is 0 Å².